The van der Waals surface area contributed by atoms with E-state index in [0.717, 1.165) is 14.2 Å². The Kier molecular flexibility index (Phi) is 4.40. The monoisotopic (exact) mass is 276 g/mol. The number of nitrogens with zero attached hydrogens (tertiary/aromatic N) is 1. The van der Waals surface area contributed by atoms with Crippen molar-refractivity contribution in [3.8, 4) is 0 Å². The van der Waals surface area contributed by atoms with Crippen LogP contribution in [0.25, 0.3) is 0 Å². The first-order chi connectivity index (χ1) is 9.24. The van der Waals surface area contributed by atoms with Crippen LogP contribution in [-0.2, 0) is 0 Å². The van der Waals surface area contributed by atoms with Crippen LogP contribution >= 0.6 is 11.1 Å². The third-order valence-corrected chi connectivity index (χ3v) is 4.74. The summed E-state index contributed by atoms with van der Waals surface area (Å²) < 4.78 is 1.15. The summed E-state index contributed by atoms with van der Waals surface area (Å²) in [6.07, 6.45) is 0. The SMILES string of the molecule is NNC(=O)N(N)[SH](c1ccccc1)c1ccccc1. The van der Waals surface area contributed by atoms with Gasteiger partial charge in [0.15, 0.2) is 0 Å². The molecule has 2 rings (SSSR count). The molecule has 6 heteroatoms. The van der Waals surface area contributed by atoms with Crippen LogP contribution in [0.5, 0.6) is 0 Å². The van der Waals surface area contributed by atoms with Gasteiger partial charge in [0.1, 0.15) is 0 Å². The van der Waals surface area contributed by atoms with Gasteiger partial charge in [-0.05, 0) is 24.3 Å². The van der Waals surface area contributed by atoms with Crippen molar-refractivity contribution in [2.45, 2.75) is 9.79 Å². The number of thiol groups is 1. The number of amides is 2. The van der Waals surface area contributed by atoms with E-state index in [2.05, 4.69) is 5.43 Å². The highest BCUT2D eigenvalue weighted by molar-refractivity contribution is 8.15. The number of benzene rings is 2. The molecule has 5 nitrogen and oxygen atoms in total. The smallest absolute Gasteiger partial charge is 0.274 e. The molecule has 0 fully saturated rings. The van der Waals surface area contributed by atoms with Crippen molar-refractivity contribution in [1.82, 2.24) is 9.84 Å². The topological polar surface area (TPSA) is 84.4 Å². The van der Waals surface area contributed by atoms with Gasteiger partial charge in [-0.2, -0.15) is 0 Å². The van der Waals surface area contributed by atoms with Crippen molar-refractivity contribution in [3.63, 3.8) is 0 Å². The van der Waals surface area contributed by atoms with Gasteiger partial charge in [0, 0.05) is 9.79 Å². The van der Waals surface area contributed by atoms with E-state index >= 15 is 0 Å². The van der Waals surface area contributed by atoms with E-state index in [4.69, 9.17) is 11.7 Å². The molecule has 100 valence electrons. The number of urea groups is 1. The zero-order valence-electron chi connectivity index (χ0n) is 10.2. The van der Waals surface area contributed by atoms with Crippen LogP contribution in [0.4, 0.5) is 4.79 Å². The predicted molar refractivity (Wildman–Crippen MR) is 77.1 cm³/mol. The molecule has 0 aliphatic carbocycles. The summed E-state index contributed by atoms with van der Waals surface area (Å²) in [5.74, 6) is 11.1. The Morgan fingerprint density at radius 2 is 1.37 bits per heavy atom. The number of hydrogen-bond donors (Lipinski definition) is 4. The maximum Gasteiger partial charge on any atom is 0.355 e. The zero-order valence-corrected chi connectivity index (χ0v) is 11.1. The summed E-state index contributed by atoms with van der Waals surface area (Å²) in [5, 5.41) is 0. The predicted octanol–water partition coefficient (Wildman–Crippen LogP) is 1.78. The van der Waals surface area contributed by atoms with Crippen molar-refractivity contribution in [3.05, 3.63) is 60.7 Å². The molecule has 2 amide bonds. The molecule has 0 radical (unpaired) electrons. The normalized spacial score (nSPS) is 10.7. The zero-order chi connectivity index (χ0) is 13.7. The summed E-state index contributed by atoms with van der Waals surface area (Å²) in [7, 11) is 0. The molecule has 0 saturated heterocycles. The van der Waals surface area contributed by atoms with Crippen LogP contribution in [0.15, 0.2) is 70.5 Å². The first-order valence-electron chi connectivity index (χ1n) is 5.69. The molecule has 0 saturated carbocycles. The third-order valence-electron chi connectivity index (χ3n) is 2.55. The van der Waals surface area contributed by atoms with Gasteiger partial charge in [0.25, 0.3) is 0 Å². The second kappa shape index (κ2) is 6.24. The van der Waals surface area contributed by atoms with Crippen LogP contribution in [0.2, 0.25) is 0 Å². The Bertz CT molecular complexity index is 495. The molecule has 2 aromatic carbocycles. The minimum absolute atomic E-state index is 0.515. The highest BCUT2D eigenvalue weighted by Gasteiger charge is 2.19. The van der Waals surface area contributed by atoms with Crippen LogP contribution in [0.3, 0.4) is 0 Å². The van der Waals surface area contributed by atoms with Gasteiger partial charge in [-0.3, -0.25) is 5.43 Å². The van der Waals surface area contributed by atoms with Crippen molar-refractivity contribution in [2.24, 2.45) is 11.7 Å². The molecule has 0 aliphatic heterocycles. The largest absolute Gasteiger partial charge is 0.355 e. The van der Waals surface area contributed by atoms with Gasteiger partial charge in [-0.15, -0.1) is 11.1 Å². The van der Waals surface area contributed by atoms with E-state index in [-0.39, 0.29) is 0 Å². The lowest BCUT2D eigenvalue weighted by atomic mass is 10.4. The molecule has 19 heavy (non-hydrogen) atoms. The van der Waals surface area contributed by atoms with E-state index in [1.165, 1.54) is 0 Å². The minimum atomic E-state index is -1.14. The molecule has 0 atom stereocenters. The van der Waals surface area contributed by atoms with Crippen molar-refractivity contribution in [2.75, 3.05) is 0 Å². The molecule has 2 aromatic rings. The van der Waals surface area contributed by atoms with Crippen LogP contribution in [-0.4, -0.2) is 10.4 Å². The van der Waals surface area contributed by atoms with Crippen molar-refractivity contribution < 1.29 is 4.79 Å². The number of nitrogens with one attached hydrogen (secondary N) is 1. The summed E-state index contributed by atoms with van der Waals surface area (Å²) >= 11 is -1.14. The van der Waals surface area contributed by atoms with Crippen LogP contribution in [0.1, 0.15) is 0 Å². The number of rotatable bonds is 3. The summed E-state index contributed by atoms with van der Waals surface area (Å²) in [6.45, 7) is 0. The average molecular weight is 276 g/mol. The Morgan fingerprint density at radius 1 is 0.947 bits per heavy atom. The van der Waals surface area contributed by atoms with Gasteiger partial charge in [-0.1, -0.05) is 36.4 Å². The first-order valence-corrected chi connectivity index (χ1v) is 6.99. The fourth-order valence-corrected chi connectivity index (χ4v) is 3.64. The van der Waals surface area contributed by atoms with Crippen molar-refractivity contribution >= 4 is 17.1 Å². The van der Waals surface area contributed by atoms with E-state index in [9.17, 15) is 4.79 Å². The standard InChI is InChI=1S/C13H16N4OS/c14-16-13(18)17(15)19(11-7-3-1-4-8-11)12-9-5-2-6-10-12/h1-10,19H,14-15H2,(H,16,18). The van der Waals surface area contributed by atoms with Crippen LogP contribution in [0, 0.1) is 0 Å². The second-order valence-electron chi connectivity index (χ2n) is 3.78. The third kappa shape index (κ3) is 3.05. The molecule has 0 bridgehead atoms. The molecule has 0 spiro atoms. The lowest BCUT2D eigenvalue weighted by Gasteiger charge is -2.31. The lowest BCUT2D eigenvalue weighted by Crippen LogP contribution is -2.45. The number of hydrogen-bond acceptors (Lipinski definition) is 3. The summed E-state index contributed by atoms with van der Waals surface area (Å²) in [6, 6.07) is 18.8. The Labute approximate surface area is 114 Å². The number of nitrogens with two attached hydrogens (primary N) is 2. The summed E-state index contributed by atoms with van der Waals surface area (Å²) in [5.41, 5.74) is 2.06. The Balaban J connectivity index is 2.43. The summed E-state index contributed by atoms with van der Waals surface area (Å²) in [4.78, 5) is 13.6. The van der Waals surface area contributed by atoms with E-state index in [0.29, 0.717) is 0 Å². The highest BCUT2D eigenvalue weighted by Crippen LogP contribution is 2.45. The van der Waals surface area contributed by atoms with Gasteiger partial charge in [0.2, 0.25) is 0 Å². The maximum atomic E-state index is 11.7. The average Bonchev–Trinajstić information content (AvgIpc) is 2.49. The Hall–Kier alpha value is -2.02. The van der Waals surface area contributed by atoms with Gasteiger partial charge in [-0.25, -0.2) is 20.9 Å². The maximum absolute atomic E-state index is 11.7. The number of carbonyl (C=O) groups excluding carboxylic acids is 1. The molecular formula is C13H16N4OS. The molecule has 5 N–H and O–H groups in total. The molecule has 0 unspecified atom stereocenters. The molecule has 0 heterocycles. The fourth-order valence-electron chi connectivity index (χ4n) is 1.69. The quantitative estimate of drug-likeness (QED) is 0.298. The van der Waals surface area contributed by atoms with Gasteiger partial charge < -0.3 is 0 Å². The van der Waals surface area contributed by atoms with Crippen LogP contribution < -0.4 is 17.1 Å². The molecule has 0 aliphatic rings. The van der Waals surface area contributed by atoms with Gasteiger partial charge in [0.05, 0.1) is 0 Å². The number of hydrazine groups is 2. The first kappa shape index (κ1) is 13.4. The second-order valence-corrected chi connectivity index (χ2v) is 5.86. The van der Waals surface area contributed by atoms with E-state index in [1.54, 1.807) is 0 Å². The Morgan fingerprint density at radius 3 is 1.74 bits per heavy atom. The molecular weight excluding hydrogens is 260 g/mol. The number of carbonyl (C=O) groups is 1. The van der Waals surface area contributed by atoms with Gasteiger partial charge >= 0.3 is 6.03 Å². The minimum Gasteiger partial charge on any atom is -0.274 e. The van der Waals surface area contributed by atoms with Crippen molar-refractivity contribution in [1.29, 1.82) is 0 Å². The fraction of sp³-hybridized carbons (Fsp3) is 0. The van der Waals surface area contributed by atoms with E-state index in [1.807, 2.05) is 60.7 Å². The van der Waals surface area contributed by atoms with E-state index < -0.39 is 17.1 Å². The lowest BCUT2D eigenvalue weighted by molar-refractivity contribution is 0.226. The molecule has 0 aromatic heterocycles. The highest BCUT2D eigenvalue weighted by atomic mass is 32.2.